The lowest BCUT2D eigenvalue weighted by Crippen LogP contribution is -2.52. The van der Waals surface area contributed by atoms with Crippen LogP contribution in [0.15, 0.2) is 24.3 Å². The Labute approximate surface area is 135 Å². The number of anilines is 1. The molecule has 0 radical (unpaired) electrons. The van der Waals surface area contributed by atoms with Gasteiger partial charge in [-0.15, -0.1) is 0 Å². The second-order valence-electron chi connectivity index (χ2n) is 6.50. The number of benzene rings is 1. The van der Waals surface area contributed by atoms with Crippen LogP contribution < -0.4 is 10.2 Å². The average molecular weight is 340 g/mol. The van der Waals surface area contributed by atoms with Crippen molar-refractivity contribution >= 4 is 21.4 Å². The summed E-state index contributed by atoms with van der Waals surface area (Å²) in [5.74, 6) is -0.672. The molecule has 0 unspecified atom stereocenters. The smallest absolute Gasteiger partial charge is 0.241 e. The molecule has 7 heteroatoms. The molecule has 0 bridgehead atoms. The molecular formula is C16H21FN2O3S. The third-order valence-electron chi connectivity index (χ3n) is 4.76. The first kappa shape index (κ1) is 16.2. The van der Waals surface area contributed by atoms with Gasteiger partial charge in [0, 0.05) is 31.1 Å². The van der Waals surface area contributed by atoms with Crippen LogP contribution in [0.3, 0.4) is 0 Å². The molecule has 1 N–H and O–H groups in total. The van der Waals surface area contributed by atoms with Crippen molar-refractivity contribution in [1.82, 2.24) is 5.32 Å². The maximum Gasteiger partial charge on any atom is 0.241 e. The zero-order chi connectivity index (χ0) is 16.7. The van der Waals surface area contributed by atoms with Crippen molar-refractivity contribution in [2.45, 2.75) is 36.5 Å². The molecule has 126 valence electrons. The summed E-state index contributed by atoms with van der Waals surface area (Å²) in [4.78, 5) is 14.4. The van der Waals surface area contributed by atoms with Crippen LogP contribution >= 0.6 is 0 Å². The van der Waals surface area contributed by atoms with Gasteiger partial charge < -0.3 is 10.2 Å². The molecule has 1 saturated carbocycles. The van der Waals surface area contributed by atoms with Crippen LogP contribution in [0.4, 0.5) is 10.1 Å². The molecule has 1 amide bonds. The fraction of sp³-hybridized carbons (Fsp3) is 0.562. The van der Waals surface area contributed by atoms with Gasteiger partial charge in [0.25, 0.3) is 0 Å². The van der Waals surface area contributed by atoms with Gasteiger partial charge in [0.05, 0.1) is 0 Å². The molecule has 1 heterocycles. The lowest BCUT2D eigenvalue weighted by Gasteiger charge is -2.35. The summed E-state index contributed by atoms with van der Waals surface area (Å²) in [6, 6.07) is 6.26. The highest BCUT2D eigenvalue weighted by Crippen LogP contribution is 2.43. The summed E-state index contributed by atoms with van der Waals surface area (Å²) in [6.45, 7) is 1.36. The van der Waals surface area contributed by atoms with Crippen molar-refractivity contribution in [2.24, 2.45) is 0 Å². The fourth-order valence-electron chi connectivity index (χ4n) is 3.20. The lowest BCUT2D eigenvalue weighted by atomic mass is 10.0. The minimum absolute atomic E-state index is 0.112. The van der Waals surface area contributed by atoms with Crippen molar-refractivity contribution in [1.29, 1.82) is 0 Å². The molecular weight excluding hydrogens is 319 g/mol. The minimum atomic E-state index is -3.39. The normalized spacial score (nSPS) is 23.4. The third kappa shape index (κ3) is 3.20. The number of nitrogens with one attached hydrogen (secondary N) is 1. The first-order chi connectivity index (χ1) is 10.8. The monoisotopic (exact) mass is 340 g/mol. The van der Waals surface area contributed by atoms with Crippen LogP contribution in [-0.2, 0) is 14.6 Å². The Kier molecular flexibility index (Phi) is 4.08. The largest absolute Gasteiger partial charge is 0.369 e. The standard InChI is InChI=1S/C16H21FN2O3S/c1-23(21,22)16(7-8-16)15(20)18-13-5-3-9-19(11-13)14-6-2-4-12(17)10-14/h2,4,6,10,13H,3,5,7-9,11H2,1H3,(H,18,20)/t13-/m0/s1. The number of sulfone groups is 1. The van der Waals surface area contributed by atoms with Gasteiger partial charge in [-0.1, -0.05) is 6.07 Å². The maximum atomic E-state index is 13.4. The number of hydrogen-bond donors (Lipinski definition) is 1. The van der Waals surface area contributed by atoms with Crippen LogP contribution in [0, 0.1) is 5.82 Å². The highest BCUT2D eigenvalue weighted by atomic mass is 32.2. The molecule has 1 aromatic carbocycles. The quantitative estimate of drug-likeness (QED) is 0.902. The molecule has 5 nitrogen and oxygen atoms in total. The zero-order valence-corrected chi connectivity index (χ0v) is 13.9. The highest BCUT2D eigenvalue weighted by Gasteiger charge is 2.58. The summed E-state index contributed by atoms with van der Waals surface area (Å²) in [5, 5.41) is 2.89. The van der Waals surface area contributed by atoms with Crippen molar-refractivity contribution in [3.05, 3.63) is 30.1 Å². The molecule has 2 aliphatic rings. The lowest BCUT2D eigenvalue weighted by molar-refractivity contribution is -0.122. The maximum absolute atomic E-state index is 13.4. The molecule has 1 saturated heterocycles. The summed E-state index contributed by atoms with van der Waals surface area (Å²) >= 11 is 0. The topological polar surface area (TPSA) is 66.5 Å². The van der Waals surface area contributed by atoms with Gasteiger partial charge in [-0.3, -0.25) is 4.79 Å². The van der Waals surface area contributed by atoms with Gasteiger partial charge in [-0.25, -0.2) is 12.8 Å². The van der Waals surface area contributed by atoms with Crippen molar-refractivity contribution < 1.29 is 17.6 Å². The van der Waals surface area contributed by atoms with Gasteiger partial charge in [-0.05, 0) is 43.9 Å². The van der Waals surface area contributed by atoms with E-state index in [4.69, 9.17) is 0 Å². The van der Waals surface area contributed by atoms with Crippen molar-refractivity contribution in [3.63, 3.8) is 0 Å². The predicted molar refractivity (Wildman–Crippen MR) is 86.6 cm³/mol. The van der Waals surface area contributed by atoms with Gasteiger partial charge in [-0.2, -0.15) is 0 Å². The molecule has 23 heavy (non-hydrogen) atoms. The van der Waals surface area contributed by atoms with E-state index >= 15 is 0 Å². The number of hydrogen-bond acceptors (Lipinski definition) is 4. The molecule has 0 spiro atoms. The molecule has 1 aliphatic heterocycles. The van der Waals surface area contributed by atoms with Crippen molar-refractivity contribution in [3.8, 4) is 0 Å². The molecule has 3 rings (SSSR count). The fourth-order valence-corrected chi connectivity index (χ4v) is 4.44. The Morgan fingerprint density at radius 1 is 1.39 bits per heavy atom. The van der Waals surface area contributed by atoms with E-state index in [1.54, 1.807) is 6.07 Å². The first-order valence-corrected chi connectivity index (χ1v) is 9.72. The van der Waals surface area contributed by atoms with E-state index in [0.29, 0.717) is 19.4 Å². The predicted octanol–water partition coefficient (Wildman–Crippen LogP) is 1.49. The van der Waals surface area contributed by atoms with E-state index in [2.05, 4.69) is 5.32 Å². The van der Waals surface area contributed by atoms with Gasteiger partial charge in [0.2, 0.25) is 5.91 Å². The molecule has 2 fully saturated rings. The number of piperidine rings is 1. The van der Waals surface area contributed by atoms with E-state index in [-0.39, 0.29) is 17.8 Å². The van der Waals surface area contributed by atoms with E-state index in [1.165, 1.54) is 12.1 Å². The second-order valence-corrected chi connectivity index (χ2v) is 8.83. The Bertz CT molecular complexity index is 716. The van der Waals surface area contributed by atoms with Crippen LogP contribution in [0.5, 0.6) is 0 Å². The minimum Gasteiger partial charge on any atom is -0.369 e. The van der Waals surface area contributed by atoms with Crippen LogP contribution in [0.25, 0.3) is 0 Å². The van der Waals surface area contributed by atoms with E-state index in [9.17, 15) is 17.6 Å². The highest BCUT2D eigenvalue weighted by molar-refractivity contribution is 7.93. The number of carbonyl (C=O) groups is 1. The van der Waals surface area contributed by atoms with Crippen LogP contribution in [0.2, 0.25) is 0 Å². The Morgan fingerprint density at radius 2 is 2.13 bits per heavy atom. The Hall–Kier alpha value is -1.63. The average Bonchev–Trinajstić information content (AvgIpc) is 3.29. The number of rotatable bonds is 4. The second kappa shape index (κ2) is 5.78. The van der Waals surface area contributed by atoms with Gasteiger partial charge >= 0.3 is 0 Å². The number of amides is 1. The SMILES string of the molecule is CS(=O)(=O)C1(C(=O)N[C@H]2CCCN(c3cccc(F)c3)C2)CC1. The number of carbonyl (C=O) groups excluding carboxylic acids is 1. The van der Waals surface area contributed by atoms with Gasteiger partial charge in [0.1, 0.15) is 5.82 Å². The van der Waals surface area contributed by atoms with Crippen LogP contribution in [-0.4, -0.2) is 44.5 Å². The Balaban J connectivity index is 1.67. The molecule has 1 atom stereocenters. The first-order valence-electron chi connectivity index (χ1n) is 7.83. The zero-order valence-electron chi connectivity index (χ0n) is 13.1. The Morgan fingerprint density at radius 3 is 2.74 bits per heavy atom. The van der Waals surface area contributed by atoms with Crippen molar-refractivity contribution in [2.75, 3.05) is 24.2 Å². The van der Waals surface area contributed by atoms with Gasteiger partial charge in [0.15, 0.2) is 14.6 Å². The third-order valence-corrected chi connectivity index (χ3v) is 6.77. The summed E-state index contributed by atoms with van der Waals surface area (Å²) < 4.78 is 35.8. The number of nitrogens with zero attached hydrogens (tertiary/aromatic N) is 1. The number of halogens is 1. The summed E-state index contributed by atoms with van der Waals surface area (Å²) in [5.41, 5.74) is 0.785. The molecule has 1 aromatic rings. The van der Waals surface area contributed by atoms with E-state index in [0.717, 1.165) is 31.3 Å². The molecule has 1 aliphatic carbocycles. The van der Waals surface area contributed by atoms with E-state index < -0.39 is 14.6 Å². The summed E-state index contributed by atoms with van der Waals surface area (Å²) in [6.07, 6.45) is 3.60. The molecule has 0 aromatic heterocycles. The van der Waals surface area contributed by atoms with Crippen LogP contribution in [0.1, 0.15) is 25.7 Å². The van der Waals surface area contributed by atoms with E-state index in [1.807, 2.05) is 11.0 Å². The summed E-state index contributed by atoms with van der Waals surface area (Å²) in [7, 11) is -3.39.